The maximum absolute atomic E-state index is 11.5. The molecule has 3 N–H and O–H groups in total. The number of hydrogen-bond acceptors (Lipinski definition) is 3. The highest BCUT2D eigenvalue weighted by atomic mass is 35.5. The van der Waals surface area contributed by atoms with E-state index in [2.05, 4.69) is 16.0 Å². The summed E-state index contributed by atoms with van der Waals surface area (Å²) >= 11 is 0. The van der Waals surface area contributed by atoms with Gasteiger partial charge in [-0.05, 0) is 26.8 Å². The lowest BCUT2D eigenvalue weighted by Gasteiger charge is -2.24. The van der Waals surface area contributed by atoms with Gasteiger partial charge in [-0.1, -0.05) is 0 Å². The van der Waals surface area contributed by atoms with Gasteiger partial charge < -0.3 is 10.6 Å². The Morgan fingerprint density at radius 2 is 1.93 bits per heavy atom. The van der Waals surface area contributed by atoms with E-state index in [0.29, 0.717) is 0 Å². The van der Waals surface area contributed by atoms with Crippen molar-refractivity contribution in [3.63, 3.8) is 0 Å². The fourth-order valence-corrected chi connectivity index (χ4v) is 1.97. The van der Waals surface area contributed by atoms with Crippen LogP contribution in [-0.2, 0) is 4.79 Å². The third-order valence-electron chi connectivity index (χ3n) is 2.63. The highest BCUT2D eigenvalue weighted by Gasteiger charge is 2.49. The van der Waals surface area contributed by atoms with Crippen molar-refractivity contribution < 1.29 is 4.79 Å². The Labute approximate surface area is 96.4 Å². The summed E-state index contributed by atoms with van der Waals surface area (Å²) in [5.41, 5.74) is -0.577. The van der Waals surface area contributed by atoms with Crippen molar-refractivity contribution in [3.05, 3.63) is 0 Å². The Hall–Kier alpha value is -0.0300. The molecule has 2 aliphatic heterocycles. The average molecular weight is 242 g/mol. The predicted molar refractivity (Wildman–Crippen MR) is 60.1 cm³/mol. The van der Waals surface area contributed by atoms with Gasteiger partial charge >= 0.3 is 0 Å². The molecule has 6 heteroatoms. The van der Waals surface area contributed by atoms with Crippen LogP contribution in [0.2, 0.25) is 0 Å². The molecule has 14 heavy (non-hydrogen) atoms. The number of nitrogens with one attached hydrogen (secondary N) is 3. The summed E-state index contributed by atoms with van der Waals surface area (Å²) in [4.78, 5) is 11.5. The first kappa shape index (κ1) is 14.0. The van der Waals surface area contributed by atoms with Crippen LogP contribution in [0.15, 0.2) is 0 Å². The van der Waals surface area contributed by atoms with Crippen LogP contribution in [0.1, 0.15) is 20.3 Å². The second-order valence-corrected chi connectivity index (χ2v) is 4.21. The molecule has 2 saturated heterocycles. The molecular weight excluding hydrogens is 225 g/mol. The molecule has 1 amide bonds. The number of carbonyl (C=O) groups is 1. The van der Waals surface area contributed by atoms with E-state index in [1.54, 1.807) is 0 Å². The van der Waals surface area contributed by atoms with Gasteiger partial charge in [0.1, 0.15) is 5.66 Å². The molecule has 1 spiro atoms. The lowest BCUT2D eigenvalue weighted by Crippen LogP contribution is -2.53. The molecule has 1 atom stereocenters. The zero-order valence-electron chi connectivity index (χ0n) is 8.35. The van der Waals surface area contributed by atoms with Gasteiger partial charge in [0.2, 0.25) is 5.91 Å². The summed E-state index contributed by atoms with van der Waals surface area (Å²) in [5.74, 6) is 0.103. The quantitative estimate of drug-likeness (QED) is 0.561. The van der Waals surface area contributed by atoms with Gasteiger partial charge in [-0.3, -0.25) is 10.1 Å². The van der Waals surface area contributed by atoms with Crippen LogP contribution in [0.25, 0.3) is 0 Å². The van der Waals surface area contributed by atoms with Crippen molar-refractivity contribution in [2.75, 3.05) is 13.1 Å². The Kier molecular flexibility index (Phi) is 4.22. The number of amides is 1. The third kappa shape index (κ3) is 2.14. The first-order valence-electron chi connectivity index (χ1n) is 4.37. The predicted octanol–water partition coefficient (Wildman–Crippen LogP) is 0.0176. The lowest BCUT2D eigenvalue weighted by molar-refractivity contribution is -0.123. The van der Waals surface area contributed by atoms with E-state index >= 15 is 0 Å². The molecular formula is C8H17Cl2N3O. The van der Waals surface area contributed by atoms with Crippen molar-refractivity contribution in [2.24, 2.45) is 0 Å². The number of rotatable bonds is 0. The Morgan fingerprint density at radius 1 is 1.29 bits per heavy atom. The normalized spacial score (nSPS) is 33.4. The van der Waals surface area contributed by atoms with Crippen LogP contribution in [0.3, 0.4) is 0 Å². The zero-order chi connectivity index (χ0) is 8.82. The number of hydrogen-bond donors (Lipinski definition) is 3. The molecule has 0 aromatic heterocycles. The van der Waals surface area contributed by atoms with Crippen LogP contribution in [0.4, 0.5) is 0 Å². The zero-order valence-corrected chi connectivity index (χ0v) is 9.98. The summed E-state index contributed by atoms with van der Waals surface area (Å²) in [6.07, 6.45) is 0.974. The molecule has 2 aliphatic rings. The van der Waals surface area contributed by atoms with Crippen molar-refractivity contribution in [3.8, 4) is 0 Å². The van der Waals surface area contributed by atoms with Gasteiger partial charge in [-0.2, -0.15) is 0 Å². The largest absolute Gasteiger partial charge is 0.335 e. The first-order chi connectivity index (χ1) is 5.54. The second-order valence-electron chi connectivity index (χ2n) is 4.21. The van der Waals surface area contributed by atoms with Gasteiger partial charge in [0, 0.05) is 6.54 Å². The monoisotopic (exact) mass is 241 g/mol. The van der Waals surface area contributed by atoms with Crippen molar-refractivity contribution >= 4 is 30.7 Å². The Balaban J connectivity index is 0.000000845. The third-order valence-corrected chi connectivity index (χ3v) is 2.63. The maximum Gasteiger partial charge on any atom is 0.241 e. The number of carbonyl (C=O) groups excluding carboxylic acids is 1. The molecule has 0 bridgehead atoms. The van der Waals surface area contributed by atoms with Gasteiger partial charge in [0.15, 0.2) is 0 Å². The molecule has 0 radical (unpaired) electrons. The summed E-state index contributed by atoms with van der Waals surface area (Å²) in [6.45, 7) is 5.64. The van der Waals surface area contributed by atoms with E-state index in [9.17, 15) is 4.79 Å². The SMILES string of the molecule is CC1(C)NC2(CCNC2)NC1=O.Cl.Cl. The molecule has 4 nitrogen and oxygen atoms in total. The van der Waals surface area contributed by atoms with Gasteiger partial charge in [-0.25, -0.2) is 0 Å². The summed E-state index contributed by atoms with van der Waals surface area (Å²) in [6, 6.07) is 0. The molecule has 2 heterocycles. The van der Waals surface area contributed by atoms with Crippen LogP contribution < -0.4 is 16.0 Å². The topological polar surface area (TPSA) is 53.2 Å². The molecule has 0 aromatic rings. The van der Waals surface area contributed by atoms with E-state index < -0.39 is 5.54 Å². The van der Waals surface area contributed by atoms with E-state index in [4.69, 9.17) is 0 Å². The van der Waals surface area contributed by atoms with E-state index in [1.807, 2.05) is 13.8 Å². The maximum atomic E-state index is 11.5. The number of halogens is 2. The smallest absolute Gasteiger partial charge is 0.241 e. The first-order valence-corrected chi connectivity index (χ1v) is 4.37. The molecule has 1 unspecified atom stereocenters. The van der Waals surface area contributed by atoms with Crippen molar-refractivity contribution in [2.45, 2.75) is 31.5 Å². The fourth-order valence-electron chi connectivity index (χ4n) is 1.97. The minimum absolute atomic E-state index is 0. The molecule has 84 valence electrons. The fraction of sp³-hybridized carbons (Fsp3) is 0.875. The summed E-state index contributed by atoms with van der Waals surface area (Å²) < 4.78 is 0. The molecule has 0 aliphatic carbocycles. The van der Waals surface area contributed by atoms with E-state index in [1.165, 1.54) is 0 Å². The average Bonchev–Trinajstić information content (AvgIpc) is 2.42. The van der Waals surface area contributed by atoms with Gasteiger partial charge in [0.05, 0.1) is 5.54 Å². The van der Waals surface area contributed by atoms with E-state index in [-0.39, 0.29) is 36.4 Å². The minimum atomic E-state index is -0.411. The van der Waals surface area contributed by atoms with E-state index in [0.717, 1.165) is 19.5 Å². The summed E-state index contributed by atoms with van der Waals surface area (Å²) in [7, 11) is 0. The Morgan fingerprint density at radius 3 is 2.29 bits per heavy atom. The van der Waals surface area contributed by atoms with Crippen molar-refractivity contribution in [1.29, 1.82) is 0 Å². The van der Waals surface area contributed by atoms with Crippen LogP contribution in [0.5, 0.6) is 0 Å². The molecule has 0 aromatic carbocycles. The van der Waals surface area contributed by atoms with Gasteiger partial charge in [0.25, 0.3) is 0 Å². The molecule has 2 fully saturated rings. The summed E-state index contributed by atoms with van der Waals surface area (Å²) in [5, 5.41) is 9.58. The van der Waals surface area contributed by atoms with Crippen molar-refractivity contribution in [1.82, 2.24) is 16.0 Å². The highest BCUT2D eigenvalue weighted by molar-refractivity contribution is 5.88. The minimum Gasteiger partial charge on any atom is -0.335 e. The van der Waals surface area contributed by atoms with Gasteiger partial charge in [-0.15, -0.1) is 24.8 Å². The van der Waals surface area contributed by atoms with Crippen LogP contribution in [0, 0.1) is 0 Å². The highest BCUT2D eigenvalue weighted by Crippen LogP contribution is 2.22. The Bertz CT molecular complexity index is 227. The molecule has 2 rings (SSSR count). The standard InChI is InChI=1S/C8H15N3O.2ClH/c1-7(2)6(12)10-8(11-7)3-4-9-5-8;;/h9,11H,3-5H2,1-2H3,(H,10,12);2*1H. The second kappa shape index (κ2) is 4.23. The molecule has 0 saturated carbocycles. The van der Waals surface area contributed by atoms with Crippen LogP contribution >= 0.6 is 24.8 Å². The lowest BCUT2D eigenvalue weighted by atomic mass is 10.1. The van der Waals surface area contributed by atoms with Crippen LogP contribution in [-0.4, -0.2) is 30.2 Å².